The number of aromatic amines is 1. The van der Waals surface area contributed by atoms with Crippen LogP contribution in [0, 0.1) is 0 Å². The zero-order valence-corrected chi connectivity index (χ0v) is 13.3. The average molecular weight is 326 g/mol. The van der Waals surface area contributed by atoms with Crippen LogP contribution in [0.4, 0.5) is 0 Å². The maximum absolute atomic E-state index is 12.1. The molecule has 1 aromatic carbocycles. The predicted molar refractivity (Wildman–Crippen MR) is 88.1 cm³/mol. The van der Waals surface area contributed by atoms with Gasteiger partial charge in [0.1, 0.15) is 0 Å². The zero-order chi connectivity index (χ0) is 16.9. The summed E-state index contributed by atoms with van der Waals surface area (Å²) in [6.07, 6.45) is 5.44. The molecule has 0 saturated heterocycles. The van der Waals surface area contributed by atoms with E-state index in [1.54, 1.807) is 37.6 Å². The summed E-state index contributed by atoms with van der Waals surface area (Å²) in [6, 6.07) is 8.79. The SMILES string of the molecule is CCOC(=O)Cc1ccc(-n2[nH]c(Cn3ccnc3)cc2=O)cc1. The Kier molecular flexibility index (Phi) is 4.60. The number of hydrogen-bond acceptors (Lipinski definition) is 4. The third-order valence-corrected chi connectivity index (χ3v) is 3.53. The molecule has 2 heterocycles. The van der Waals surface area contributed by atoms with Gasteiger partial charge in [-0.25, -0.2) is 9.67 Å². The topological polar surface area (TPSA) is 81.9 Å². The van der Waals surface area contributed by atoms with Crippen molar-refractivity contribution in [3.05, 3.63) is 70.7 Å². The molecule has 0 spiro atoms. The van der Waals surface area contributed by atoms with E-state index in [1.807, 2.05) is 22.9 Å². The van der Waals surface area contributed by atoms with E-state index in [2.05, 4.69) is 10.1 Å². The number of aromatic nitrogens is 4. The van der Waals surface area contributed by atoms with E-state index in [9.17, 15) is 9.59 Å². The summed E-state index contributed by atoms with van der Waals surface area (Å²) in [5.41, 5.74) is 2.21. The number of benzene rings is 1. The Bertz CT molecular complexity index is 860. The minimum Gasteiger partial charge on any atom is -0.466 e. The first-order valence-corrected chi connectivity index (χ1v) is 7.67. The Morgan fingerprint density at radius 2 is 2.08 bits per heavy atom. The summed E-state index contributed by atoms with van der Waals surface area (Å²) in [5, 5.41) is 3.08. The fraction of sp³-hybridized carbons (Fsp3) is 0.235. The molecule has 3 aromatic rings. The molecule has 0 saturated carbocycles. The van der Waals surface area contributed by atoms with Gasteiger partial charge in [-0.3, -0.25) is 14.7 Å². The van der Waals surface area contributed by atoms with E-state index in [1.165, 1.54) is 4.68 Å². The molecule has 0 aliphatic carbocycles. The second-order valence-electron chi connectivity index (χ2n) is 5.34. The van der Waals surface area contributed by atoms with Crippen molar-refractivity contribution in [2.75, 3.05) is 6.61 Å². The Hall–Kier alpha value is -3.09. The van der Waals surface area contributed by atoms with Crippen LogP contribution in [0.3, 0.4) is 0 Å². The van der Waals surface area contributed by atoms with Crippen molar-refractivity contribution in [1.29, 1.82) is 0 Å². The van der Waals surface area contributed by atoms with Gasteiger partial charge in [-0.1, -0.05) is 12.1 Å². The number of hydrogen-bond donors (Lipinski definition) is 1. The summed E-state index contributed by atoms with van der Waals surface area (Å²) in [4.78, 5) is 27.6. The summed E-state index contributed by atoms with van der Waals surface area (Å²) in [7, 11) is 0. The zero-order valence-electron chi connectivity index (χ0n) is 13.3. The van der Waals surface area contributed by atoms with E-state index in [4.69, 9.17) is 4.74 Å². The molecular formula is C17H18N4O3. The lowest BCUT2D eigenvalue weighted by Crippen LogP contribution is -2.13. The second-order valence-corrected chi connectivity index (χ2v) is 5.34. The van der Waals surface area contributed by atoms with Crippen molar-refractivity contribution in [3.63, 3.8) is 0 Å². The third kappa shape index (κ3) is 3.62. The van der Waals surface area contributed by atoms with Crippen LogP contribution in [-0.4, -0.2) is 31.9 Å². The highest BCUT2D eigenvalue weighted by Gasteiger charge is 2.07. The van der Waals surface area contributed by atoms with Crippen molar-refractivity contribution >= 4 is 5.97 Å². The molecule has 0 aliphatic rings. The van der Waals surface area contributed by atoms with Gasteiger partial charge < -0.3 is 9.30 Å². The Morgan fingerprint density at radius 1 is 1.29 bits per heavy atom. The Balaban J connectivity index is 1.75. The summed E-state index contributed by atoms with van der Waals surface area (Å²) in [5.74, 6) is -0.259. The lowest BCUT2D eigenvalue weighted by molar-refractivity contribution is -0.142. The number of ether oxygens (including phenoxy) is 1. The van der Waals surface area contributed by atoms with Crippen LogP contribution in [0.15, 0.2) is 53.8 Å². The van der Waals surface area contributed by atoms with Crippen LogP contribution in [0.1, 0.15) is 18.2 Å². The van der Waals surface area contributed by atoms with Crippen molar-refractivity contribution in [3.8, 4) is 5.69 Å². The smallest absolute Gasteiger partial charge is 0.310 e. The van der Waals surface area contributed by atoms with Crippen LogP contribution in [0.25, 0.3) is 5.69 Å². The van der Waals surface area contributed by atoms with E-state index in [0.717, 1.165) is 11.3 Å². The summed E-state index contributed by atoms with van der Waals surface area (Å²) >= 11 is 0. The molecule has 0 amide bonds. The van der Waals surface area contributed by atoms with E-state index < -0.39 is 0 Å². The summed E-state index contributed by atoms with van der Waals surface area (Å²) in [6.45, 7) is 2.69. The molecule has 0 aliphatic heterocycles. The molecule has 24 heavy (non-hydrogen) atoms. The number of H-pyrrole nitrogens is 1. The number of nitrogens with one attached hydrogen (secondary N) is 1. The first kappa shape index (κ1) is 15.8. The van der Waals surface area contributed by atoms with Crippen LogP contribution < -0.4 is 5.56 Å². The van der Waals surface area contributed by atoms with E-state index >= 15 is 0 Å². The molecule has 0 radical (unpaired) electrons. The highest BCUT2D eigenvalue weighted by Crippen LogP contribution is 2.09. The van der Waals surface area contributed by atoms with Gasteiger partial charge in [0.25, 0.3) is 5.56 Å². The van der Waals surface area contributed by atoms with E-state index in [0.29, 0.717) is 18.8 Å². The normalized spacial score (nSPS) is 10.7. The number of imidazole rings is 1. The molecule has 7 heteroatoms. The molecule has 1 N–H and O–H groups in total. The third-order valence-electron chi connectivity index (χ3n) is 3.53. The maximum Gasteiger partial charge on any atom is 0.310 e. The number of carbonyl (C=O) groups is 1. The molecule has 0 unspecified atom stereocenters. The maximum atomic E-state index is 12.1. The molecule has 124 valence electrons. The molecule has 7 nitrogen and oxygen atoms in total. The fourth-order valence-electron chi connectivity index (χ4n) is 2.44. The molecule has 0 atom stereocenters. The highest BCUT2D eigenvalue weighted by atomic mass is 16.5. The quantitative estimate of drug-likeness (QED) is 0.696. The standard InChI is InChI=1S/C17H18N4O3/c1-2-24-17(23)9-13-3-5-15(6-4-13)21-16(22)10-14(19-21)11-20-8-7-18-12-20/h3-8,10,12,19H,2,9,11H2,1H3. The Labute approximate surface area is 138 Å². The molecular weight excluding hydrogens is 308 g/mol. The molecule has 0 bridgehead atoms. The highest BCUT2D eigenvalue weighted by molar-refractivity contribution is 5.72. The number of carbonyl (C=O) groups excluding carboxylic acids is 1. The minimum atomic E-state index is -0.259. The van der Waals surface area contributed by atoms with Gasteiger partial charge in [0.15, 0.2) is 0 Å². The monoisotopic (exact) mass is 326 g/mol. The second kappa shape index (κ2) is 6.99. The predicted octanol–water partition coefficient (Wildman–Crippen LogP) is 1.52. The number of esters is 1. The van der Waals surface area contributed by atoms with Crippen LogP contribution in [-0.2, 0) is 22.5 Å². The largest absolute Gasteiger partial charge is 0.466 e. The average Bonchev–Trinajstić information content (AvgIpc) is 3.18. The molecule has 2 aromatic heterocycles. The number of rotatable bonds is 6. The van der Waals surface area contributed by atoms with Crippen LogP contribution in [0.2, 0.25) is 0 Å². The van der Waals surface area contributed by atoms with Gasteiger partial charge in [0, 0.05) is 18.5 Å². The summed E-state index contributed by atoms with van der Waals surface area (Å²) < 4.78 is 8.27. The van der Waals surface area contributed by atoms with Gasteiger partial charge >= 0.3 is 5.97 Å². The van der Waals surface area contributed by atoms with Gasteiger partial charge in [-0.05, 0) is 24.6 Å². The van der Waals surface area contributed by atoms with Gasteiger partial charge in [0.05, 0.1) is 37.3 Å². The number of nitrogens with zero attached hydrogens (tertiary/aromatic N) is 3. The van der Waals surface area contributed by atoms with Crippen molar-refractivity contribution < 1.29 is 9.53 Å². The van der Waals surface area contributed by atoms with Crippen molar-refractivity contribution in [2.24, 2.45) is 0 Å². The molecule has 0 fully saturated rings. The minimum absolute atomic E-state index is 0.136. The first-order valence-electron chi connectivity index (χ1n) is 7.67. The Morgan fingerprint density at radius 3 is 2.75 bits per heavy atom. The fourth-order valence-corrected chi connectivity index (χ4v) is 2.44. The van der Waals surface area contributed by atoms with Crippen molar-refractivity contribution in [1.82, 2.24) is 19.3 Å². The van der Waals surface area contributed by atoms with Crippen LogP contribution >= 0.6 is 0 Å². The lowest BCUT2D eigenvalue weighted by Gasteiger charge is -2.05. The first-order chi connectivity index (χ1) is 11.7. The van der Waals surface area contributed by atoms with Crippen LogP contribution in [0.5, 0.6) is 0 Å². The van der Waals surface area contributed by atoms with E-state index in [-0.39, 0.29) is 17.9 Å². The van der Waals surface area contributed by atoms with Gasteiger partial charge in [0.2, 0.25) is 0 Å². The lowest BCUT2D eigenvalue weighted by atomic mass is 10.1. The molecule has 3 rings (SSSR count). The van der Waals surface area contributed by atoms with Gasteiger partial charge in [-0.15, -0.1) is 0 Å². The van der Waals surface area contributed by atoms with Gasteiger partial charge in [-0.2, -0.15) is 0 Å². The van der Waals surface area contributed by atoms with Crippen molar-refractivity contribution in [2.45, 2.75) is 19.9 Å².